The summed E-state index contributed by atoms with van der Waals surface area (Å²) in [6, 6.07) is 9.34. The van der Waals surface area contributed by atoms with Gasteiger partial charge < -0.3 is 9.84 Å². The SMILES string of the molecule is O=C(O)c1cnn(-c2nc3cnn(CCOc4ccccc4)c3c(=O)[nH]2)c1. The Morgan fingerprint density at radius 1 is 1.19 bits per heavy atom. The van der Waals surface area contributed by atoms with Crippen LogP contribution in [0.25, 0.3) is 17.0 Å². The van der Waals surface area contributed by atoms with Crippen LogP contribution in [-0.2, 0) is 6.54 Å². The predicted octanol–water partition coefficient (Wildman–Crippen LogP) is 1.08. The van der Waals surface area contributed by atoms with E-state index >= 15 is 0 Å². The number of benzene rings is 1. The number of rotatable bonds is 6. The molecule has 0 aliphatic heterocycles. The number of aromatic nitrogens is 6. The largest absolute Gasteiger partial charge is 0.492 e. The summed E-state index contributed by atoms with van der Waals surface area (Å²) >= 11 is 0. The van der Waals surface area contributed by atoms with Crippen LogP contribution in [0.3, 0.4) is 0 Å². The molecule has 0 saturated carbocycles. The van der Waals surface area contributed by atoms with Gasteiger partial charge in [-0.2, -0.15) is 10.2 Å². The first-order chi connectivity index (χ1) is 13.1. The Kier molecular flexibility index (Phi) is 4.13. The molecule has 0 fully saturated rings. The molecule has 10 nitrogen and oxygen atoms in total. The summed E-state index contributed by atoms with van der Waals surface area (Å²) in [6.07, 6.45) is 3.92. The number of para-hydroxylation sites is 1. The zero-order valence-corrected chi connectivity index (χ0v) is 13.9. The van der Waals surface area contributed by atoms with E-state index in [0.717, 1.165) is 5.75 Å². The van der Waals surface area contributed by atoms with Gasteiger partial charge in [0, 0.05) is 6.20 Å². The molecule has 0 aliphatic rings. The summed E-state index contributed by atoms with van der Waals surface area (Å²) in [6.45, 7) is 0.705. The van der Waals surface area contributed by atoms with Crippen molar-refractivity contribution in [1.82, 2.24) is 29.5 Å². The van der Waals surface area contributed by atoms with Crippen LogP contribution >= 0.6 is 0 Å². The number of hydrogen-bond acceptors (Lipinski definition) is 6. The number of ether oxygens (including phenoxy) is 1. The minimum absolute atomic E-state index is 0.00787. The van der Waals surface area contributed by atoms with E-state index in [1.54, 1.807) is 0 Å². The molecule has 0 bridgehead atoms. The number of carboxylic acids is 1. The maximum absolute atomic E-state index is 12.5. The summed E-state index contributed by atoms with van der Waals surface area (Å²) in [7, 11) is 0. The van der Waals surface area contributed by atoms with E-state index in [-0.39, 0.29) is 11.5 Å². The molecule has 136 valence electrons. The van der Waals surface area contributed by atoms with Gasteiger partial charge in [0.2, 0.25) is 5.95 Å². The number of nitrogens with one attached hydrogen (secondary N) is 1. The van der Waals surface area contributed by atoms with Gasteiger partial charge in [0.05, 0.1) is 24.5 Å². The van der Waals surface area contributed by atoms with Crippen LogP contribution in [0.2, 0.25) is 0 Å². The first kappa shape index (κ1) is 16.5. The Morgan fingerprint density at radius 2 is 2.00 bits per heavy atom. The van der Waals surface area contributed by atoms with Gasteiger partial charge in [-0.15, -0.1) is 0 Å². The van der Waals surface area contributed by atoms with E-state index in [4.69, 9.17) is 9.84 Å². The molecule has 1 aromatic carbocycles. The molecule has 3 heterocycles. The molecule has 3 aromatic heterocycles. The first-order valence-corrected chi connectivity index (χ1v) is 8.04. The minimum atomic E-state index is -1.11. The Labute approximate surface area is 151 Å². The molecule has 2 N–H and O–H groups in total. The van der Waals surface area contributed by atoms with Crippen molar-refractivity contribution in [2.24, 2.45) is 0 Å². The van der Waals surface area contributed by atoms with Crippen LogP contribution in [0, 0.1) is 0 Å². The van der Waals surface area contributed by atoms with Crippen LogP contribution in [0.4, 0.5) is 0 Å². The molecule has 4 aromatic rings. The summed E-state index contributed by atoms with van der Waals surface area (Å²) in [4.78, 5) is 30.3. The molecule has 0 atom stereocenters. The minimum Gasteiger partial charge on any atom is -0.492 e. The second-order valence-corrected chi connectivity index (χ2v) is 5.63. The number of nitrogens with zero attached hydrogens (tertiary/aromatic N) is 5. The van der Waals surface area contributed by atoms with E-state index in [1.807, 2.05) is 30.3 Å². The number of H-pyrrole nitrogens is 1. The van der Waals surface area contributed by atoms with Gasteiger partial charge in [-0.05, 0) is 12.1 Å². The smallest absolute Gasteiger partial charge is 0.338 e. The van der Waals surface area contributed by atoms with E-state index < -0.39 is 11.5 Å². The van der Waals surface area contributed by atoms with Gasteiger partial charge in [0.25, 0.3) is 5.56 Å². The maximum Gasteiger partial charge on any atom is 0.338 e. The molecular weight excluding hydrogens is 352 g/mol. The van der Waals surface area contributed by atoms with Crippen LogP contribution in [0.1, 0.15) is 10.4 Å². The van der Waals surface area contributed by atoms with E-state index in [2.05, 4.69) is 20.2 Å². The van der Waals surface area contributed by atoms with Gasteiger partial charge >= 0.3 is 5.97 Å². The highest BCUT2D eigenvalue weighted by molar-refractivity contribution is 5.87. The average Bonchev–Trinajstić information content (AvgIpc) is 3.30. The highest BCUT2D eigenvalue weighted by atomic mass is 16.5. The lowest BCUT2D eigenvalue weighted by atomic mass is 10.3. The van der Waals surface area contributed by atoms with E-state index in [1.165, 1.54) is 28.0 Å². The van der Waals surface area contributed by atoms with Crippen molar-refractivity contribution in [1.29, 1.82) is 0 Å². The summed E-state index contributed by atoms with van der Waals surface area (Å²) in [5, 5.41) is 17.1. The van der Waals surface area contributed by atoms with E-state index in [0.29, 0.717) is 24.2 Å². The number of carbonyl (C=O) groups is 1. The van der Waals surface area contributed by atoms with E-state index in [9.17, 15) is 9.59 Å². The molecule has 0 saturated heterocycles. The second-order valence-electron chi connectivity index (χ2n) is 5.63. The molecule has 0 unspecified atom stereocenters. The average molecular weight is 366 g/mol. The normalized spacial score (nSPS) is 11.0. The fourth-order valence-electron chi connectivity index (χ4n) is 2.59. The Morgan fingerprint density at radius 3 is 2.74 bits per heavy atom. The molecule has 0 radical (unpaired) electrons. The summed E-state index contributed by atoms with van der Waals surface area (Å²) < 4.78 is 8.33. The Hall–Kier alpha value is -3.95. The van der Waals surface area contributed by atoms with Crippen molar-refractivity contribution in [3.05, 3.63) is 64.8 Å². The summed E-state index contributed by atoms with van der Waals surface area (Å²) in [5.41, 5.74) is 0.271. The highest BCUT2D eigenvalue weighted by Gasteiger charge is 2.13. The number of carboxylic acid groups (broad SMARTS) is 1. The molecule has 0 spiro atoms. The molecule has 0 amide bonds. The van der Waals surface area contributed by atoms with Crippen LogP contribution in [0.5, 0.6) is 5.75 Å². The third-order valence-electron chi connectivity index (χ3n) is 3.85. The van der Waals surface area contributed by atoms with Gasteiger partial charge in [0.1, 0.15) is 17.9 Å². The van der Waals surface area contributed by atoms with Gasteiger partial charge in [-0.3, -0.25) is 14.5 Å². The van der Waals surface area contributed by atoms with Gasteiger partial charge in [0.15, 0.2) is 5.52 Å². The lowest BCUT2D eigenvalue weighted by Crippen LogP contribution is -2.18. The van der Waals surface area contributed by atoms with Gasteiger partial charge in [-0.1, -0.05) is 18.2 Å². The zero-order valence-electron chi connectivity index (χ0n) is 13.9. The predicted molar refractivity (Wildman–Crippen MR) is 94.2 cm³/mol. The maximum atomic E-state index is 12.5. The Balaban J connectivity index is 1.58. The number of hydrogen-bond donors (Lipinski definition) is 2. The standard InChI is InChI=1S/C17H14N6O4/c24-15-14-13(20-17(21-15)23-10-11(8-18-23)16(25)26)9-19-22(14)6-7-27-12-4-2-1-3-5-12/h1-5,8-10H,6-7H2,(H,25,26)(H,20,21,24). The van der Waals surface area contributed by atoms with Crippen molar-refractivity contribution in [2.45, 2.75) is 6.54 Å². The third kappa shape index (κ3) is 3.27. The lowest BCUT2D eigenvalue weighted by molar-refractivity contribution is 0.0697. The zero-order chi connectivity index (χ0) is 18.8. The van der Waals surface area contributed by atoms with Crippen LogP contribution in [0.15, 0.2) is 53.7 Å². The topological polar surface area (TPSA) is 128 Å². The van der Waals surface area contributed by atoms with Crippen molar-refractivity contribution in [3.8, 4) is 11.7 Å². The number of aromatic carboxylic acids is 1. The van der Waals surface area contributed by atoms with Crippen molar-refractivity contribution < 1.29 is 14.6 Å². The number of aromatic amines is 1. The molecule has 4 rings (SSSR count). The highest BCUT2D eigenvalue weighted by Crippen LogP contribution is 2.11. The lowest BCUT2D eigenvalue weighted by Gasteiger charge is -2.07. The molecule has 27 heavy (non-hydrogen) atoms. The fraction of sp³-hybridized carbons (Fsp3) is 0.118. The van der Waals surface area contributed by atoms with Crippen molar-refractivity contribution >= 4 is 17.0 Å². The molecule has 10 heteroatoms. The molecular formula is C17H14N6O4. The third-order valence-corrected chi connectivity index (χ3v) is 3.85. The monoisotopic (exact) mass is 366 g/mol. The van der Waals surface area contributed by atoms with Crippen molar-refractivity contribution in [3.63, 3.8) is 0 Å². The quantitative estimate of drug-likeness (QED) is 0.522. The Bertz CT molecular complexity index is 1160. The molecule has 0 aliphatic carbocycles. The number of fused-ring (bicyclic) bond motifs is 1. The van der Waals surface area contributed by atoms with Crippen LogP contribution < -0.4 is 10.3 Å². The fourth-order valence-corrected chi connectivity index (χ4v) is 2.59. The van der Waals surface area contributed by atoms with Gasteiger partial charge in [-0.25, -0.2) is 14.5 Å². The second kappa shape index (κ2) is 6.75. The first-order valence-electron chi connectivity index (χ1n) is 8.04. The summed E-state index contributed by atoms with van der Waals surface area (Å²) in [5.74, 6) is -0.271. The van der Waals surface area contributed by atoms with Crippen LogP contribution in [-0.4, -0.2) is 47.2 Å². The van der Waals surface area contributed by atoms with Crippen molar-refractivity contribution in [2.75, 3.05) is 6.61 Å².